The highest BCUT2D eigenvalue weighted by Crippen LogP contribution is 2.32. The van der Waals surface area contributed by atoms with Crippen molar-refractivity contribution in [3.63, 3.8) is 0 Å². The van der Waals surface area contributed by atoms with E-state index in [0.717, 1.165) is 18.0 Å². The maximum absolute atomic E-state index is 9.14. The number of rotatable bonds is 6. The highest BCUT2D eigenvalue weighted by atomic mass is 16.3. The van der Waals surface area contributed by atoms with Gasteiger partial charge in [-0.1, -0.05) is 19.1 Å². The van der Waals surface area contributed by atoms with E-state index in [4.69, 9.17) is 5.11 Å². The zero-order valence-corrected chi connectivity index (χ0v) is 10.9. The quantitative estimate of drug-likeness (QED) is 0.816. The zero-order chi connectivity index (χ0) is 12.3. The normalized spacial score (nSPS) is 15.0. The molecule has 0 spiro atoms. The van der Waals surface area contributed by atoms with Crippen molar-refractivity contribution in [3.8, 4) is 0 Å². The molecule has 0 aromatic heterocycles. The molecule has 1 saturated carbocycles. The summed E-state index contributed by atoms with van der Waals surface area (Å²) in [5.41, 5.74) is 3.63. The smallest absolute Gasteiger partial charge is 0.0681 e. The second kappa shape index (κ2) is 5.54. The molecule has 0 amide bonds. The Morgan fingerprint density at radius 1 is 1.35 bits per heavy atom. The van der Waals surface area contributed by atoms with E-state index in [1.165, 1.54) is 37.1 Å². The van der Waals surface area contributed by atoms with Gasteiger partial charge in [0.15, 0.2) is 0 Å². The number of aliphatic hydroxyl groups excluding tert-OH is 1. The van der Waals surface area contributed by atoms with Crippen molar-refractivity contribution < 1.29 is 5.11 Å². The van der Waals surface area contributed by atoms with Crippen LogP contribution >= 0.6 is 0 Å². The van der Waals surface area contributed by atoms with E-state index in [9.17, 15) is 0 Å². The summed E-state index contributed by atoms with van der Waals surface area (Å²) >= 11 is 0. The minimum Gasteiger partial charge on any atom is -0.392 e. The lowest BCUT2D eigenvalue weighted by Gasteiger charge is -2.26. The van der Waals surface area contributed by atoms with Gasteiger partial charge in [-0.15, -0.1) is 0 Å². The molecule has 94 valence electrons. The van der Waals surface area contributed by atoms with Gasteiger partial charge >= 0.3 is 0 Å². The molecule has 0 atom stereocenters. The van der Waals surface area contributed by atoms with E-state index in [1.54, 1.807) is 0 Å². The maximum Gasteiger partial charge on any atom is 0.0681 e. The second-order valence-corrected chi connectivity index (χ2v) is 5.17. The Morgan fingerprint density at radius 2 is 2.12 bits per heavy atom. The van der Waals surface area contributed by atoms with Gasteiger partial charge in [-0.3, -0.25) is 0 Å². The van der Waals surface area contributed by atoms with Crippen LogP contribution in [0.4, 0.5) is 5.69 Å². The minimum absolute atomic E-state index is 0.136. The SMILES string of the molecule is CCCN(CC1CC1)c1ccc(CO)cc1C. The van der Waals surface area contributed by atoms with Crippen LogP contribution in [0.25, 0.3) is 0 Å². The lowest BCUT2D eigenvalue weighted by atomic mass is 10.1. The minimum atomic E-state index is 0.136. The predicted octanol–water partition coefficient (Wildman–Crippen LogP) is 3.11. The first-order chi connectivity index (χ1) is 8.24. The molecule has 1 aromatic rings. The van der Waals surface area contributed by atoms with Crippen molar-refractivity contribution in [2.24, 2.45) is 5.92 Å². The van der Waals surface area contributed by atoms with E-state index in [2.05, 4.69) is 30.9 Å². The van der Waals surface area contributed by atoms with Crippen LogP contribution in [0.2, 0.25) is 0 Å². The molecule has 0 bridgehead atoms. The second-order valence-electron chi connectivity index (χ2n) is 5.17. The van der Waals surface area contributed by atoms with Crippen LogP contribution < -0.4 is 4.90 Å². The van der Waals surface area contributed by atoms with Gasteiger partial charge in [0.05, 0.1) is 6.61 Å². The van der Waals surface area contributed by atoms with E-state index < -0.39 is 0 Å². The lowest BCUT2D eigenvalue weighted by Crippen LogP contribution is -2.27. The monoisotopic (exact) mass is 233 g/mol. The van der Waals surface area contributed by atoms with Crippen molar-refractivity contribution in [1.29, 1.82) is 0 Å². The number of benzene rings is 1. The number of hydrogen-bond donors (Lipinski definition) is 1. The molecule has 17 heavy (non-hydrogen) atoms. The van der Waals surface area contributed by atoms with Crippen LogP contribution in [0.3, 0.4) is 0 Å². The fourth-order valence-corrected chi connectivity index (χ4v) is 2.36. The first-order valence-electron chi connectivity index (χ1n) is 6.70. The molecule has 1 aliphatic rings. The van der Waals surface area contributed by atoms with Gasteiger partial charge in [-0.2, -0.15) is 0 Å². The zero-order valence-electron chi connectivity index (χ0n) is 10.9. The Balaban J connectivity index is 2.15. The first kappa shape index (κ1) is 12.4. The summed E-state index contributed by atoms with van der Waals surface area (Å²) < 4.78 is 0. The van der Waals surface area contributed by atoms with Gasteiger partial charge in [0, 0.05) is 18.8 Å². The molecule has 2 heteroatoms. The average molecular weight is 233 g/mol. The molecule has 1 aromatic carbocycles. The summed E-state index contributed by atoms with van der Waals surface area (Å²) in [6.07, 6.45) is 3.98. The molecule has 0 unspecified atom stereocenters. The third kappa shape index (κ3) is 3.22. The van der Waals surface area contributed by atoms with E-state index in [-0.39, 0.29) is 6.61 Å². The Morgan fingerprint density at radius 3 is 2.65 bits per heavy atom. The van der Waals surface area contributed by atoms with Crippen molar-refractivity contribution in [3.05, 3.63) is 29.3 Å². The van der Waals surface area contributed by atoms with Crippen molar-refractivity contribution in [1.82, 2.24) is 0 Å². The summed E-state index contributed by atoms with van der Waals surface area (Å²) in [6.45, 7) is 6.85. The van der Waals surface area contributed by atoms with Crippen LogP contribution in [-0.2, 0) is 6.61 Å². The number of hydrogen-bond acceptors (Lipinski definition) is 2. The molecule has 2 rings (SSSR count). The van der Waals surface area contributed by atoms with Gasteiger partial charge < -0.3 is 10.0 Å². The highest BCUT2D eigenvalue weighted by Gasteiger charge is 2.24. The predicted molar refractivity (Wildman–Crippen MR) is 72.3 cm³/mol. The van der Waals surface area contributed by atoms with Gasteiger partial charge in [0.1, 0.15) is 0 Å². The largest absolute Gasteiger partial charge is 0.392 e. The van der Waals surface area contributed by atoms with Crippen molar-refractivity contribution >= 4 is 5.69 Å². The maximum atomic E-state index is 9.14. The summed E-state index contributed by atoms with van der Waals surface area (Å²) in [4.78, 5) is 2.51. The van der Waals surface area contributed by atoms with Crippen LogP contribution in [0.1, 0.15) is 37.3 Å². The fraction of sp³-hybridized carbons (Fsp3) is 0.600. The summed E-state index contributed by atoms with van der Waals surface area (Å²) in [6, 6.07) is 6.31. The van der Waals surface area contributed by atoms with E-state index in [1.807, 2.05) is 6.07 Å². The number of aryl methyl sites for hydroxylation is 1. The number of anilines is 1. The summed E-state index contributed by atoms with van der Waals surface area (Å²) in [7, 11) is 0. The summed E-state index contributed by atoms with van der Waals surface area (Å²) in [5, 5.41) is 9.14. The van der Waals surface area contributed by atoms with Crippen LogP contribution in [0, 0.1) is 12.8 Å². The molecule has 2 nitrogen and oxygen atoms in total. The molecule has 0 aliphatic heterocycles. The van der Waals surface area contributed by atoms with Crippen molar-refractivity contribution in [2.45, 2.75) is 39.7 Å². The lowest BCUT2D eigenvalue weighted by molar-refractivity contribution is 0.282. The Kier molecular flexibility index (Phi) is 4.06. The standard InChI is InChI=1S/C15H23NO/c1-3-8-16(10-13-4-5-13)15-7-6-14(11-17)9-12(15)2/h6-7,9,13,17H,3-5,8,10-11H2,1-2H3. The van der Waals surface area contributed by atoms with E-state index >= 15 is 0 Å². The third-order valence-electron chi connectivity index (χ3n) is 3.45. The van der Waals surface area contributed by atoms with Gasteiger partial charge in [0.25, 0.3) is 0 Å². The van der Waals surface area contributed by atoms with Crippen LogP contribution in [0.15, 0.2) is 18.2 Å². The highest BCUT2D eigenvalue weighted by molar-refractivity contribution is 5.54. The van der Waals surface area contributed by atoms with Crippen LogP contribution in [0.5, 0.6) is 0 Å². The summed E-state index contributed by atoms with van der Waals surface area (Å²) in [5.74, 6) is 0.915. The third-order valence-corrected chi connectivity index (χ3v) is 3.45. The fourth-order valence-electron chi connectivity index (χ4n) is 2.36. The molecular weight excluding hydrogens is 210 g/mol. The molecular formula is C15H23NO. The Hall–Kier alpha value is -1.02. The molecule has 0 saturated heterocycles. The number of aliphatic hydroxyl groups is 1. The van der Waals surface area contributed by atoms with Crippen LogP contribution in [-0.4, -0.2) is 18.2 Å². The Labute approximate surface area is 104 Å². The van der Waals surface area contributed by atoms with Gasteiger partial charge in [0.2, 0.25) is 0 Å². The van der Waals surface area contributed by atoms with E-state index in [0.29, 0.717) is 0 Å². The molecule has 1 fully saturated rings. The Bertz CT molecular complexity index is 371. The molecule has 0 heterocycles. The van der Waals surface area contributed by atoms with Crippen molar-refractivity contribution in [2.75, 3.05) is 18.0 Å². The average Bonchev–Trinajstić information content (AvgIpc) is 3.12. The van der Waals surface area contributed by atoms with Gasteiger partial charge in [-0.25, -0.2) is 0 Å². The molecule has 1 aliphatic carbocycles. The van der Waals surface area contributed by atoms with Gasteiger partial charge in [-0.05, 0) is 49.3 Å². The topological polar surface area (TPSA) is 23.5 Å². The molecule has 0 radical (unpaired) electrons. The number of nitrogens with zero attached hydrogens (tertiary/aromatic N) is 1. The molecule has 1 N–H and O–H groups in total. The first-order valence-corrected chi connectivity index (χ1v) is 6.70.